The molecule has 0 aromatic heterocycles. The summed E-state index contributed by atoms with van der Waals surface area (Å²) in [6.45, 7) is 4.67. The molecule has 0 amide bonds. The standard InChI is InChI=1S/C13H18F4N2/c1-3-18-6-7-19(2)9-10-4-5-12(14)11(8-10)13(15,16)17/h4-5,8,18H,3,6-7,9H2,1-2H3. The van der Waals surface area contributed by atoms with Gasteiger partial charge < -0.3 is 10.2 Å². The highest BCUT2D eigenvalue weighted by Gasteiger charge is 2.34. The van der Waals surface area contributed by atoms with E-state index in [4.69, 9.17) is 0 Å². The van der Waals surface area contributed by atoms with Crippen molar-refractivity contribution >= 4 is 0 Å². The second-order valence-electron chi connectivity index (χ2n) is 4.40. The zero-order valence-corrected chi connectivity index (χ0v) is 11.0. The molecule has 0 fully saturated rings. The fourth-order valence-electron chi connectivity index (χ4n) is 1.73. The lowest BCUT2D eigenvalue weighted by Gasteiger charge is -2.18. The van der Waals surface area contributed by atoms with Crippen molar-refractivity contribution in [3.8, 4) is 0 Å². The number of hydrogen-bond acceptors (Lipinski definition) is 2. The minimum absolute atomic E-state index is 0.356. The van der Waals surface area contributed by atoms with E-state index in [1.807, 2.05) is 18.9 Å². The van der Waals surface area contributed by atoms with Gasteiger partial charge in [-0.3, -0.25) is 0 Å². The fourth-order valence-corrected chi connectivity index (χ4v) is 1.73. The average Bonchev–Trinajstić information content (AvgIpc) is 2.30. The molecule has 0 saturated carbocycles. The monoisotopic (exact) mass is 278 g/mol. The van der Waals surface area contributed by atoms with Gasteiger partial charge in [0.25, 0.3) is 0 Å². The Hall–Kier alpha value is -1.14. The van der Waals surface area contributed by atoms with Crippen LogP contribution in [-0.4, -0.2) is 31.6 Å². The van der Waals surface area contributed by atoms with Crippen molar-refractivity contribution in [3.63, 3.8) is 0 Å². The quantitative estimate of drug-likeness (QED) is 0.636. The van der Waals surface area contributed by atoms with Crippen LogP contribution in [0, 0.1) is 5.82 Å². The number of benzene rings is 1. The van der Waals surface area contributed by atoms with E-state index in [1.54, 1.807) is 0 Å². The fraction of sp³-hybridized carbons (Fsp3) is 0.538. The van der Waals surface area contributed by atoms with Crippen LogP contribution in [0.15, 0.2) is 18.2 Å². The lowest BCUT2D eigenvalue weighted by Crippen LogP contribution is -2.28. The molecule has 2 nitrogen and oxygen atoms in total. The Labute approximate surface area is 110 Å². The summed E-state index contributed by atoms with van der Waals surface area (Å²) in [4.78, 5) is 1.88. The summed E-state index contributed by atoms with van der Waals surface area (Å²) in [7, 11) is 1.81. The van der Waals surface area contributed by atoms with Gasteiger partial charge >= 0.3 is 6.18 Å². The Morgan fingerprint density at radius 1 is 1.26 bits per heavy atom. The Morgan fingerprint density at radius 3 is 2.53 bits per heavy atom. The molecule has 1 rings (SSSR count). The molecule has 0 aliphatic carbocycles. The van der Waals surface area contributed by atoms with E-state index in [-0.39, 0.29) is 0 Å². The SMILES string of the molecule is CCNCCN(C)Cc1ccc(F)c(C(F)(F)F)c1. The predicted octanol–water partition coefficient (Wildman–Crippen LogP) is 2.89. The molecular weight excluding hydrogens is 260 g/mol. The molecule has 0 saturated heterocycles. The highest BCUT2D eigenvalue weighted by atomic mass is 19.4. The Bertz CT molecular complexity index is 404. The molecule has 0 heterocycles. The third-order valence-electron chi connectivity index (χ3n) is 2.71. The van der Waals surface area contributed by atoms with E-state index in [1.165, 1.54) is 6.07 Å². The summed E-state index contributed by atoms with van der Waals surface area (Å²) < 4.78 is 50.8. The normalized spacial score (nSPS) is 12.2. The van der Waals surface area contributed by atoms with Gasteiger partial charge in [0.2, 0.25) is 0 Å². The topological polar surface area (TPSA) is 15.3 Å². The number of halogens is 4. The number of nitrogens with zero attached hydrogens (tertiary/aromatic N) is 1. The third kappa shape index (κ3) is 5.16. The van der Waals surface area contributed by atoms with Gasteiger partial charge in [0.15, 0.2) is 0 Å². The Kier molecular flexibility index (Phi) is 5.75. The summed E-state index contributed by atoms with van der Waals surface area (Å²) in [5.74, 6) is -1.23. The molecule has 0 aliphatic heterocycles. The van der Waals surface area contributed by atoms with E-state index in [9.17, 15) is 17.6 Å². The number of nitrogens with one attached hydrogen (secondary N) is 1. The van der Waals surface area contributed by atoms with Gasteiger partial charge in [0, 0.05) is 19.6 Å². The summed E-state index contributed by atoms with van der Waals surface area (Å²) >= 11 is 0. The molecule has 0 bridgehead atoms. The average molecular weight is 278 g/mol. The van der Waals surface area contributed by atoms with Gasteiger partial charge in [-0.15, -0.1) is 0 Å². The van der Waals surface area contributed by atoms with Crippen molar-refractivity contribution in [2.24, 2.45) is 0 Å². The second-order valence-corrected chi connectivity index (χ2v) is 4.40. The van der Waals surface area contributed by atoms with E-state index in [2.05, 4.69) is 5.32 Å². The third-order valence-corrected chi connectivity index (χ3v) is 2.71. The van der Waals surface area contributed by atoms with Gasteiger partial charge in [0.1, 0.15) is 5.82 Å². The van der Waals surface area contributed by atoms with Crippen LogP contribution in [0.2, 0.25) is 0 Å². The van der Waals surface area contributed by atoms with Crippen LogP contribution < -0.4 is 5.32 Å². The zero-order chi connectivity index (χ0) is 14.5. The molecule has 6 heteroatoms. The number of rotatable bonds is 6. The molecular formula is C13H18F4N2. The molecule has 1 N–H and O–H groups in total. The van der Waals surface area contributed by atoms with Crippen LogP contribution in [0.1, 0.15) is 18.1 Å². The van der Waals surface area contributed by atoms with Crippen molar-refractivity contribution in [1.82, 2.24) is 10.2 Å². The van der Waals surface area contributed by atoms with Gasteiger partial charge in [-0.1, -0.05) is 13.0 Å². The lowest BCUT2D eigenvalue weighted by molar-refractivity contribution is -0.140. The smallest absolute Gasteiger partial charge is 0.316 e. The summed E-state index contributed by atoms with van der Waals surface area (Å²) in [6.07, 6.45) is -4.65. The maximum Gasteiger partial charge on any atom is 0.419 e. The van der Waals surface area contributed by atoms with E-state index >= 15 is 0 Å². The maximum absolute atomic E-state index is 13.1. The van der Waals surface area contributed by atoms with Crippen molar-refractivity contribution in [2.75, 3.05) is 26.7 Å². The molecule has 108 valence electrons. The first-order valence-corrected chi connectivity index (χ1v) is 6.09. The molecule has 0 unspecified atom stereocenters. The summed E-state index contributed by atoms with van der Waals surface area (Å²) in [5.41, 5.74) is -0.752. The first-order valence-electron chi connectivity index (χ1n) is 6.09. The number of likely N-dealkylation sites (N-methyl/N-ethyl adjacent to an activating group) is 2. The summed E-state index contributed by atoms with van der Waals surface area (Å²) in [5, 5.41) is 3.13. The van der Waals surface area contributed by atoms with E-state index in [0.717, 1.165) is 25.2 Å². The summed E-state index contributed by atoms with van der Waals surface area (Å²) in [6, 6.07) is 3.13. The van der Waals surface area contributed by atoms with Gasteiger partial charge in [-0.25, -0.2) is 4.39 Å². The first kappa shape index (κ1) is 15.9. The van der Waals surface area contributed by atoms with Gasteiger partial charge in [0.05, 0.1) is 5.56 Å². The second kappa shape index (κ2) is 6.86. The van der Waals surface area contributed by atoms with Crippen LogP contribution in [-0.2, 0) is 12.7 Å². The molecule has 0 aliphatic rings. The number of alkyl halides is 3. The minimum Gasteiger partial charge on any atom is -0.316 e. The van der Waals surface area contributed by atoms with Crippen molar-refractivity contribution in [2.45, 2.75) is 19.6 Å². The predicted molar refractivity (Wildman–Crippen MR) is 66.3 cm³/mol. The van der Waals surface area contributed by atoms with Crippen LogP contribution in [0.4, 0.5) is 17.6 Å². The number of hydrogen-bond donors (Lipinski definition) is 1. The molecule has 19 heavy (non-hydrogen) atoms. The molecule has 0 atom stereocenters. The molecule has 1 aromatic rings. The maximum atomic E-state index is 13.1. The zero-order valence-electron chi connectivity index (χ0n) is 11.0. The van der Waals surface area contributed by atoms with Crippen molar-refractivity contribution in [1.29, 1.82) is 0 Å². The van der Waals surface area contributed by atoms with Crippen molar-refractivity contribution < 1.29 is 17.6 Å². The molecule has 0 radical (unpaired) electrons. The largest absolute Gasteiger partial charge is 0.419 e. The molecule has 1 aromatic carbocycles. The van der Waals surface area contributed by atoms with E-state index < -0.39 is 17.6 Å². The van der Waals surface area contributed by atoms with E-state index in [0.29, 0.717) is 18.7 Å². The van der Waals surface area contributed by atoms with Crippen LogP contribution in [0.3, 0.4) is 0 Å². The Morgan fingerprint density at radius 2 is 1.95 bits per heavy atom. The van der Waals surface area contributed by atoms with Crippen molar-refractivity contribution in [3.05, 3.63) is 35.1 Å². The van der Waals surface area contributed by atoms with Crippen LogP contribution in [0.5, 0.6) is 0 Å². The Balaban J connectivity index is 2.69. The highest BCUT2D eigenvalue weighted by Crippen LogP contribution is 2.32. The highest BCUT2D eigenvalue weighted by molar-refractivity contribution is 5.27. The van der Waals surface area contributed by atoms with Gasteiger partial charge in [-0.05, 0) is 31.3 Å². The lowest BCUT2D eigenvalue weighted by atomic mass is 10.1. The van der Waals surface area contributed by atoms with Gasteiger partial charge in [-0.2, -0.15) is 13.2 Å². The van der Waals surface area contributed by atoms with Crippen LogP contribution >= 0.6 is 0 Å². The first-order chi connectivity index (χ1) is 8.84. The molecule has 0 spiro atoms. The van der Waals surface area contributed by atoms with Crippen LogP contribution in [0.25, 0.3) is 0 Å². The minimum atomic E-state index is -4.65.